The molecule has 7 nitrogen and oxygen atoms in total. The molecular formula is C7H15N7. The minimum absolute atomic E-state index is 0.590. The zero-order valence-electron chi connectivity index (χ0n) is 8.12. The zero-order valence-corrected chi connectivity index (χ0v) is 8.12. The van der Waals surface area contributed by atoms with Crippen molar-refractivity contribution < 1.29 is 0 Å². The molecule has 1 rings (SSSR count). The summed E-state index contributed by atoms with van der Waals surface area (Å²) in [5.41, 5.74) is 2.48. The topological polar surface area (TPSA) is 104 Å². The summed E-state index contributed by atoms with van der Waals surface area (Å²) < 4.78 is 0. The molecule has 0 aromatic carbocycles. The number of nitrogens with two attached hydrogens (primary N) is 1. The maximum atomic E-state index is 5.24. The van der Waals surface area contributed by atoms with E-state index in [0.29, 0.717) is 12.5 Å². The molecule has 0 aliphatic heterocycles. The summed E-state index contributed by atoms with van der Waals surface area (Å²) in [5, 5.41) is 9.47. The van der Waals surface area contributed by atoms with Gasteiger partial charge >= 0.3 is 0 Å². The molecule has 0 radical (unpaired) electrons. The van der Waals surface area contributed by atoms with Gasteiger partial charge in [-0.2, -0.15) is 5.10 Å². The molecule has 0 aliphatic rings. The Bertz CT molecular complexity index is 266. The van der Waals surface area contributed by atoms with Crippen molar-refractivity contribution in [2.75, 3.05) is 13.1 Å². The van der Waals surface area contributed by atoms with Gasteiger partial charge in [-0.25, -0.2) is 10.8 Å². The van der Waals surface area contributed by atoms with Crippen LogP contribution in [0.4, 0.5) is 0 Å². The van der Waals surface area contributed by atoms with Crippen molar-refractivity contribution in [1.82, 2.24) is 25.9 Å². The van der Waals surface area contributed by atoms with E-state index in [1.54, 1.807) is 0 Å². The number of nitrogens with one attached hydrogen (secondary N) is 3. The summed E-state index contributed by atoms with van der Waals surface area (Å²) in [4.78, 5) is 8.17. The van der Waals surface area contributed by atoms with E-state index in [9.17, 15) is 0 Å². The van der Waals surface area contributed by atoms with Gasteiger partial charge in [-0.1, -0.05) is 0 Å². The molecule has 5 N–H and O–H groups in total. The summed E-state index contributed by atoms with van der Waals surface area (Å²) in [6.45, 7) is 3.37. The molecule has 0 atom stereocenters. The van der Waals surface area contributed by atoms with Crippen molar-refractivity contribution in [3.8, 4) is 0 Å². The number of guanidine groups is 1. The number of hydrogen-bond donors (Lipinski definition) is 4. The lowest BCUT2D eigenvalue weighted by Crippen LogP contribution is -2.41. The second kappa shape index (κ2) is 5.92. The minimum Gasteiger partial charge on any atom is -0.356 e. The first-order chi connectivity index (χ1) is 6.86. The number of aliphatic imine (C=N–C) groups is 1. The Labute approximate surface area is 82.2 Å². The lowest BCUT2D eigenvalue weighted by atomic mass is 10.4. The van der Waals surface area contributed by atoms with Crippen LogP contribution in [0.1, 0.15) is 12.7 Å². The second-order valence-corrected chi connectivity index (χ2v) is 2.59. The third kappa shape index (κ3) is 3.40. The van der Waals surface area contributed by atoms with Crippen molar-refractivity contribution in [2.24, 2.45) is 10.8 Å². The molecule has 0 fully saturated rings. The van der Waals surface area contributed by atoms with Gasteiger partial charge in [0.2, 0.25) is 5.96 Å². The van der Waals surface area contributed by atoms with E-state index in [-0.39, 0.29) is 0 Å². The molecule has 0 aliphatic carbocycles. The summed E-state index contributed by atoms with van der Waals surface area (Å²) in [6.07, 6.45) is 2.20. The van der Waals surface area contributed by atoms with Crippen LogP contribution in [-0.2, 0) is 6.42 Å². The Hall–Kier alpha value is -1.63. The average molecular weight is 197 g/mol. The van der Waals surface area contributed by atoms with Gasteiger partial charge in [0.15, 0.2) is 0 Å². The van der Waals surface area contributed by atoms with Gasteiger partial charge in [0.25, 0.3) is 0 Å². The van der Waals surface area contributed by atoms with Crippen molar-refractivity contribution in [2.45, 2.75) is 13.3 Å². The fourth-order valence-corrected chi connectivity index (χ4v) is 0.945. The van der Waals surface area contributed by atoms with Crippen LogP contribution in [0.25, 0.3) is 0 Å². The minimum atomic E-state index is 0.590. The van der Waals surface area contributed by atoms with Crippen molar-refractivity contribution in [3.63, 3.8) is 0 Å². The molecule has 14 heavy (non-hydrogen) atoms. The molecule has 78 valence electrons. The normalized spacial score (nSPS) is 11.4. The predicted molar refractivity (Wildman–Crippen MR) is 53.4 cm³/mol. The molecule has 1 aromatic heterocycles. The Morgan fingerprint density at radius 2 is 2.57 bits per heavy atom. The molecule has 1 aromatic rings. The SMILES string of the molecule is CCNC(=NCCc1ncn[nH]1)NN. The van der Waals surface area contributed by atoms with E-state index in [2.05, 4.69) is 30.9 Å². The van der Waals surface area contributed by atoms with Crippen LogP contribution in [-0.4, -0.2) is 34.2 Å². The van der Waals surface area contributed by atoms with Crippen LogP contribution in [0.15, 0.2) is 11.3 Å². The Kier molecular flexibility index (Phi) is 4.42. The van der Waals surface area contributed by atoms with Crippen molar-refractivity contribution in [3.05, 3.63) is 12.2 Å². The first-order valence-corrected chi connectivity index (χ1v) is 4.46. The second-order valence-electron chi connectivity index (χ2n) is 2.59. The highest BCUT2D eigenvalue weighted by Gasteiger charge is 1.95. The van der Waals surface area contributed by atoms with E-state index in [1.165, 1.54) is 6.33 Å². The first-order valence-electron chi connectivity index (χ1n) is 4.46. The van der Waals surface area contributed by atoms with Gasteiger partial charge in [0.1, 0.15) is 12.2 Å². The lowest BCUT2D eigenvalue weighted by molar-refractivity contribution is 0.824. The molecule has 0 spiro atoms. The highest BCUT2D eigenvalue weighted by Crippen LogP contribution is 1.87. The van der Waals surface area contributed by atoms with E-state index >= 15 is 0 Å². The average Bonchev–Trinajstić information content (AvgIpc) is 2.69. The van der Waals surface area contributed by atoms with E-state index in [4.69, 9.17) is 5.84 Å². The quantitative estimate of drug-likeness (QED) is 0.209. The standard InChI is InChI=1S/C7H15N7/c1-2-9-7(13-8)10-4-3-6-11-5-12-14-6/h5H,2-4,8H2,1H3,(H2,9,10,13)(H,11,12,14). The van der Waals surface area contributed by atoms with Crippen LogP contribution < -0.4 is 16.6 Å². The third-order valence-corrected chi connectivity index (χ3v) is 1.56. The van der Waals surface area contributed by atoms with E-state index in [1.807, 2.05) is 6.92 Å². The van der Waals surface area contributed by atoms with Crippen LogP contribution in [0.3, 0.4) is 0 Å². The first kappa shape index (κ1) is 10.5. The van der Waals surface area contributed by atoms with Gasteiger partial charge in [0, 0.05) is 19.5 Å². The monoisotopic (exact) mass is 197 g/mol. The molecule has 7 heteroatoms. The number of aromatic amines is 1. The number of hydrazine groups is 1. The smallest absolute Gasteiger partial charge is 0.205 e. The predicted octanol–water partition coefficient (Wildman–Crippen LogP) is -1.22. The summed E-state index contributed by atoms with van der Waals surface area (Å²) in [6, 6.07) is 0. The van der Waals surface area contributed by atoms with Gasteiger partial charge in [-0.15, -0.1) is 0 Å². The summed E-state index contributed by atoms with van der Waals surface area (Å²) in [7, 11) is 0. The van der Waals surface area contributed by atoms with Gasteiger partial charge in [-0.05, 0) is 6.92 Å². The van der Waals surface area contributed by atoms with Crippen LogP contribution >= 0.6 is 0 Å². The Morgan fingerprint density at radius 1 is 1.71 bits per heavy atom. The number of aromatic nitrogens is 3. The molecule has 0 unspecified atom stereocenters. The number of H-pyrrole nitrogens is 1. The van der Waals surface area contributed by atoms with E-state index in [0.717, 1.165) is 18.8 Å². The Morgan fingerprint density at radius 3 is 3.14 bits per heavy atom. The summed E-state index contributed by atoms with van der Waals surface area (Å²) >= 11 is 0. The van der Waals surface area contributed by atoms with Crippen LogP contribution in [0.2, 0.25) is 0 Å². The van der Waals surface area contributed by atoms with E-state index < -0.39 is 0 Å². The third-order valence-electron chi connectivity index (χ3n) is 1.56. The molecule has 0 amide bonds. The molecule has 0 saturated carbocycles. The fraction of sp³-hybridized carbons (Fsp3) is 0.571. The van der Waals surface area contributed by atoms with Crippen molar-refractivity contribution >= 4 is 5.96 Å². The van der Waals surface area contributed by atoms with Gasteiger partial charge < -0.3 is 5.32 Å². The van der Waals surface area contributed by atoms with Gasteiger partial charge in [0.05, 0.1) is 0 Å². The Balaban J connectivity index is 2.30. The number of hydrogen-bond acceptors (Lipinski definition) is 4. The highest BCUT2D eigenvalue weighted by atomic mass is 15.3. The molecule has 0 bridgehead atoms. The lowest BCUT2D eigenvalue weighted by Gasteiger charge is -2.05. The zero-order chi connectivity index (χ0) is 10.2. The molecular weight excluding hydrogens is 182 g/mol. The summed E-state index contributed by atoms with van der Waals surface area (Å²) in [5.74, 6) is 6.65. The largest absolute Gasteiger partial charge is 0.356 e. The maximum Gasteiger partial charge on any atom is 0.205 e. The molecule has 0 saturated heterocycles. The maximum absolute atomic E-state index is 5.24. The highest BCUT2D eigenvalue weighted by molar-refractivity contribution is 5.79. The van der Waals surface area contributed by atoms with Gasteiger partial charge in [-0.3, -0.25) is 15.5 Å². The number of rotatable bonds is 4. The fourth-order valence-electron chi connectivity index (χ4n) is 0.945. The number of nitrogens with zero attached hydrogens (tertiary/aromatic N) is 3. The van der Waals surface area contributed by atoms with Crippen molar-refractivity contribution in [1.29, 1.82) is 0 Å². The van der Waals surface area contributed by atoms with Crippen LogP contribution in [0, 0.1) is 0 Å². The molecule has 1 heterocycles. The van der Waals surface area contributed by atoms with Crippen LogP contribution in [0.5, 0.6) is 0 Å².